The topological polar surface area (TPSA) is 99.8 Å². The first-order valence-corrected chi connectivity index (χ1v) is 6.80. The van der Waals surface area contributed by atoms with Gasteiger partial charge in [0.1, 0.15) is 5.82 Å². The largest absolute Gasteiger partial charge is 0.272 e. The second-order valence-corrected chi connectivity index (χ2v) is 4.80. The van der Waals surface area contributed by atoms with Gasteiger partial charge in [0.05, 0.1) is 5.75 Å². The number of amides is 2. The molecule has 1 aromatic heterocycles. The lowest BCUT2D eigenvalue weighted by Gasteiger charge is -2.06. The summed E-state index contributed by atoms with van der Waals surface area (Å²) in [6, 6.07) is 8.63. The van der Waals surface area contributed by atoms with Crippen molar-refractivity contribution in [2.75, 3.05) is 5.75 Å². The maximum atomic E-state index is 11.7. The van der Waals surface area contributed by atoms with Gasteiger partial charge in [0.15, 0.2) is 0 Å². The molecule has 0 fully saturated rings. The summed E-state index contributed by atoms with van der Waals surface area (Å²) < 4.78 is 0. The number of thioether (sulfide) groups is 1. The Balaban J connectivity index is 1.74. The van der Waals surface area contributed by atoms with Gasteiger partial charge < -0.3 is 0 Å². The summed E-state index contributed by atoms with van der Waals surface area (Å²) in [4.78, 5) is 27.3. The van der Waals surface area contributed by atoms with Crippen molar-refractivity contribution in [1.82, 2.24) is 26.0 Å². The summed E-state index contributed by atoms with van der Waals surface area (Å²) >= 11 is 1.18. The zero-order chi connectivity index (χ0) is 14.4. The summed E-state index contributed by atoms with van der Waals surface area (Å²) in [5, 5.41) is 7.06. The first-order valence-electron chi connectivity index (χ1n) is 5.81. The predicted octanol–water partition coefficient (Wildman–Crippen LogP) is 0.666. The van der Waals surface area contributed by atoms with Crippen LogP contribution < -0.4 is 10.9 Å². The number of aromatic amines is 1. The molecule has 104 valence electrons. The van der Waals surface area contributed by atoms with E-state index in [-0.39, 0.29) is 17.6 Å². The Morgan fingerprint density at radius 3 is 2.65 bits per heavy atom. The number of hydrazine groups is 1. The highest BCUT2D eigenvalue weighted by molar-refractivity contribution is 7.99. The van der Waals surface area contributed by atoms with Gasteiger partial charge in [-0.2, -0.15) is 0 Å². The van der Waals surface area contributed by atoms with Crippen molar-refractivity contribution in [2.24, 2.45) is 0 Å². The van der Waals surface area contributed by atoms with Crippen molar-refractivity contribution in [3.8, 4) is 0 Å². The van der Waals surface area contributed by atoms with Crippen LogP contribution in [0.15, 0.2) is 35.5 Å². The molecule has 3 N–H and O–H groups in total. The second kappa shape index (κ2) is 6.71. The molecule has 7 nitrogen and oxygen atoms in total. The minimum atomic E-state index is -0.363. The molecule has 0 radical (unpaired) electrons. The number of aromatic nitrogens is 3. The number of carbonyl (C=O) groups excluding carboxylic acids is 2. The van der Waals surface area contributed by atoms with Crippen LogP contribution in [0, 0.1) is 6.92 Å². The number of carbonyl (C=O) groups is 2. The van der Waals surface area contributed by atoms with Gasteiger partial charge in [-0.05, 0) is 19.1 Å². The molecular formula is C12H13N5O2S. The van der Waals surface area contributed by atoms with Gasteiger partial charge in [-0.25, -0.2) is 4.98 Å². The standard InChI is InChI=1S/C12H13N5O2S/c1-8-13-12(17-14-8)20-7-10(18)15-16-11(19)9-5-3-2-4-6-9/h2-6H,7H2,1H3,(H,15,18)(H,16,19)(H,13,14,17). The van der Waals surface area contributed by atoms with Gasteiger partial charge in [-0.15, -0.1) is 5.10 Å². The van der Waals surface area contributed by atoms with E-state index in [0.717, 1.165) is 0 Å². The van der Waals surface area contributed by atoms with E-state index in [1.165, 1.54) is 11.8 Å². The Labute approximate surface area is 119 Å². The molecule has 0 spiro atoms. The number of H-pyrrole nitrogens is 1. The van der Waals surface area contributed by atoms with E-state index in [2.05, 4.69) is 26.0 Å². The molecular weight excluding hydrogens is 278 g/mol. The van der Waals surface area contributed by atoms with E-state index in [1.54, 1.807) is 31.2 Å². The Bertz CT molecular complexity index is 599. The van der Waals surface area contributed by atoms with E-state index in [0.29, 0.717) is 16.5 Å². The molecule has 0 bridgehead atoms. The Hall–Kier alpha value is -2.35. The smallest absolute Gasteiger partial charge is 0.269 e. The van der Waals surface area contributed by atoms with Gasteiger partial charge >= 0.3 is 0 Å². The number of hydrogen-bond donors (Lipinski definition) is 3. The summed E-state index contributed by atoms with van der Waals surface area (Å²) in [7, 11) is 0. The monoisotopic (exact) mass is 291 g/mol. The van der Waals surface area contributed by atoms with E-state index in [1.807, 2.05) is 6.07 Å². The van der Waals surface area contributed by atoms with Crippen LogP contribution in [0.5, 0.6) is 0 Å². The molecule has 0 aliphatic rings. The number of hydrogen-bond acceptors (Lipinski definition) is 5. The molecule has 2 amide bonds. The van der Waals surface area contributed by atoms with Crippen molar-refractivity contribution in [1.29, 1.82) is 0 Å². The Morgan fingerprint density at radius 1 is 1.25 bits per heavy atom. The van der Waals surface area contributed by atoms with Crippen molar-refractivity contribution in [3.05, 3.63) is 41.7 Å². The SMILES string of the molecule is Cc1nc(SCC(=O)NNC(=O)c2ccccc2)n[nH]1. The van der Waals surface area contributed by atoms with E-state index in [4.69, 9.17) is 0 Å². The van der Waals surface area contributed by atoms with Gasteiger partial charge in [0.2, 0.25) is 11.1 Å². The minimum absolute atomic E-state index is 0.117. The molecule has 0 aliphatic heterocycles. The molecule has 0 unspecified atom stereocenters. The van der Waals surface area contributed by atoms with E-state index in [9.17, 15) is 9.59 Å². The number of nitrogens with one attached hydrogen (secondary N) is 3. The fourth-order valence-electron chi connectivity index (χ4n) is 1.34. The fourth-order valence-corrected chi connectivity index (χ4v) is 1.99. The highest BCUT2D eigenvalue weighted by Gasteiger charge is 2.08. The normalized spacial score (nSPS) is 10.1. The number of aryl methyl sites for hydroxylation is 1. The summed E-state index contributed by atoms with van der Waals surface area (Å²) in [5.41, 5.74) is 5.15. The zero-order valence-corrected chi connectivity index (χ0v) is 11.5. The van der Waals surface area contributed by atoms with Crippen molar-refractivity contribution < 1.29 is 9.59 Å². The quantitative estimate of drug-likeness (QED) is 0.568. The predicted molar refractivity (Wildman–Crippen MR) is 73.9 cm³/mol. The van der Waals surface area contributed by atoms with E-state index >= 15 is 0 Å². The molecule has 8 heteroatoms. The van der Waals surface area contributed by atoms with Gasteiger partial charge in [-0.3, -0.25) is 25.5 Å². The lowest BCUT2D eigenvalue weighted by atomic mass is 10.2. The van der Waals surface area contributed by atoms with Crippen LogP contribution in [0.25, 0.3) is 0 Å². The maximum Gasteiger partial charge on any atom is 0.269 e. The Morgan fingerprint density at radius 2 is 2.00 bits per heavy atom. The van der Waals surface area contributed by atoms with Gasteiger partial charge in [0, 0.05) is 5.56 Å². The molecule has 1 heterocycles. The van der Waals surface area contributed by atoms with Crippen LogP contribution in [-0.4, -0.2) is 32.7 Å². The molecule has 0 saturated carbocycles. The van der Waals surface area contributed by atoms with Crippen LogP contribution in [0.4, 0.5) is 0 Å². The summed E-state index contributed by atoms with van der Waals surface area (Å²) in [6.07, 6.45) is 0. The second-order valence-electron chi connectivity index (χ2n) is 3.86. The fraction of sp³-hybridized carbons (Fsp3) is 0.167. The Kier molecular flexibility index (Phi) is 4.72. The lowest BCUT2D eigenvalue weighted by molar-refractivity contribution is -0.119. The van der Waals surface area contributed by atoms with E-state index < -0.39 is 0 Å². The molecule has 0 aliphatic carbocycles. The first-order chi connectivity index (χ1) is 9.65. The van der Waals surface area contributed by atoms with Crippen LogP contribution in [0.1, 0.15) is 16.2 Å². The molecule has 2 rings (SSSR count). The van der Waals surface area contributed by atoms with Gasteiger partial charge in [-0.1, -0.05) is 30.0 Å². The maximum absolute atomic E-state index is 11.7. The van der Waals surface area contributed by atoms with Crippen LogP contribution in [-0.2, 0) is 4.79 Å². The lowest BCUT2D eigenvalue weighted by Crippen LogP contribution is -2.42. The molecule has 1 aromatic carbocycles. The van der Waals surface area contributed by atoms with Gasteiger partial charge in [0.25, 0.3) is 5.91 Å². The zero-order valence-electron chi connectivity index (χ0n) is 10.7. The third-order valence-electron chi connectivity index (χ3n) is 2.26. The first kappa shape index (κ1) is 14.1. The van der Waals surface area contributed by atoms with Crippen molar-refractivity contribution >= 4 is 23.6 Å². The van der Waals surface area contributed by atoms with Crippen LogP contribution >= 0.6 is 11.8 Å². The molecule has 0 saturated heterocycles. The highest BCUT2D eigenvalue weighted by Crippen LogP contribution is 2.10. The number of benzene rings is 1. The van der Waals surface area contributed by atoms with Crippen molar-refractivity contribution in [3.63, 3.8) is 0 Å². The summed E-state index contributed by atoms with van der Waals surface area (Å²) in [6.45, 7) is 1.78. The third-order valence-corrected chi connectivity index (χ3v) is 3.11. The third kappa shape index (κ3) is 4.09. The molecule has 0 atom stereocenters. The summed E-state index contributed by atoms with van der Waals surface area (Å²) in [5.74, 6) is 0.108. The molecule has 2 aromatic rings. The highest BCUT2D eigenvalue weighted by atomic mass is 32.2. The average molecular weight is 291 g/mol. The minimum Gasteiger partial charge on any atom is -0.272 e. The average Bonchev–Trinajstić information content (AvgIpc) is 2.89. The molecule has 20 heavy (non-hydrogen) atoms. The van der Waals surface area contributed by atoms with Crippen LogP contribution in [0.3, 0.4) is 0 Å². The number of rotatable bonds is 4. The van der Waals surface area contributed by atoms with Crippen LogP contribution in [0.2, 0.25) is 0 Å². The number of nitrogens with zero attached hydrogens (tertiary/aromatic N) is 2. The van der Waals surface area contributed by atoms with Crippen molar-refractivity contribution in [2.45, 2.75) is 12.1 Å².